The van der Waals surface area contributed by atoms with Gasteiger partial charge in [-0.1, -0.05) is 23.8 Å². The number of benzene rings is 2. The molecule has 4 aromatic rings. The van der Waals surface area contributed by atoms with Crippen LogP contribution in [0.2, 0.25) is 0 Å². The lowest BCUT2D eigenvalue weighted by Gasteiger charge is -2.28. The van der Waals surface area contributed by atoms with E-state index < -0.39 is 11.0 Å². The van der Waals surface area contributed by atoms with Gasteiger partial charge in [0.05, 0.1) is 22.4 Å². The number of nitro groups is 1. The summed E-state index contributed by atoms with van der Waals surface area (Å²) in [5.41, 5.74) is 4.10. The van der Waals surface area contributed by atoms with Crippen molar-refractivity contribution in [2.45, 2.75) is 19.9 Å². The number of amides is 1. The molecule has 0 radical (unpaired) electrons. The second kappa shape index (κ2) is 8.82. The third-order valence-electron chi connectivity index (χ3n) is 5.71. The van der Waals surface area contributed by atoms with Crippen LogP contribution in [0.5, 0.6) is 0 Å². The maximum absolute atomic E-state index is 13.5. The number of allylic oxidation sites excluding steroid dienone is 1. The Balaban J connectivity index is 1.61. The van der Waals surface area contributed by atoms with Crippen LogP contribution in [0.1, 0.15) is 24.1 Å². The quantitative estimate of drug-likeness (QED) is 0.327. The minimum Gasteiger partial charge on any atom is -0.328 e. The maximum atomic E-state index is 13.5. The predicted octanol–water partition coefficient (Wildman–Crippen LogP) is 4.48. The number of non-ortho nitro benzene ring substituents is 1. The van der Waals surface area contributed by atoms with Gasteiger partial charge in [0.25, 0.3) is 11.6 Å². The molecular weight excluding hydrogens is 446 g/mol. The van der Waals surface area contributed by atoms with Gasteiger partial charge in [-0.25, -0.2) is 4.68 Å². The molecule has 2 N–H and O–H groups in total. The SMILES string of the molecule is CC1=C(C(=O)Nc2cccnc2)C(c2ccc([N+](=O)[O-])cc2)n2nc(-c3cccc(C)c3)nc2N1. The number of aromatic nitrogens is 4. The third-order valence-corrected chi connectivity index (χ3v) is 5.71. The molecular formula is C25H21N7O3. The molecule has 5 rings (SSSR count). The Hall–Kier alpha value is -4.86. The molecule has 2 aromatic carbocycles. The molecule has 10 nitrogen and oxygen atoms in total. The molecule has 1 atom stereocenters. The van der Waals surface area contributed by atoms with Crippen molar-refractivity contribution in [2.24, 2.45) is 0 Å². The lowest BCUT2D eigenvalue weighted by molar-refractivity contribution is -0.384. The van der Waals surface area contributed by atoms with Gasteiger partial charge >= 0.3 is 0 Å². The monoisotopic (exact) mass is 467 g/mol. The molecule has 0 saturated heterocycles. The molecule has 3 heterocycles. The van der Waals surface area contributed by atoms with Crippen molar-refractivity contribution in [1.82, 2.24) is 19.7 Å². The summed E-state index contributed by atoms with van der Waals surface area (Å²) in [7, 11) is 0. The average Bonchev–Trinajstić information content (AvgIpc) is 3.27. The normalized spacial score (nSPS) is 14.7. The highest BCUT2D eigenvalue weighted by atomic mass is 16.6. The van der Waals surface area contributed by atoms with Crippen molar-refractivity contribution in [3.05, 3.63) is 106 Å². The van der Waals surface area contributed by atoms with E-state index in [2.05, 4.69) is 20.6 Å². The van der Waals surface area contributed by atoms with Gasteiger partial charge in [0, 0.05) is 29.6 Å². The molecule has 1 amide bonds. The van der Waals surface area contributed by atoms with Gasteiger partial charge in [-0.2, -0.15) is 4.98 Å². The molecule has 10 heteroatoms. The van der Waals surface area contributed by atoms with Crippen LogP contribution in [0.3, 0.4) is 0 Å². The van der Waals surface area contributed by atoms with Crippen LogP contribution in [0.25, 0.3) is 11.4 Å². The zero-order valence-electron chi connectivity index (χ0n) is 19.0. The summed E-state index contributed by atoms with van der Waals surface area (Å²) in [6.45, 7) is 3.78. The standard InChI is InChI=1S/C25H21N7O3/c1-15-5-3-6-18(13-15)23-29-25-27-16(2)21(24(33)28-19-7-4-12-26-14-19)22(31(25)30-23)17-8-10-20(11-9-17)32(34)35/h3-14,22H,1-2H3,(H,28,33)(H,27,29,30). The number of hydrogen-bond acceptors (Lipinski definition) is 7. The Bertz CT molecular complexity index is 1460. The van der Waals surface area contributed by atoms with Crippen molar-refractivity contribution >= 4 is 23.2 Å². The molecule has 35 heavy (non-hydrogen) atoms. The number of rotatable bonds is 5. The highest BCUT2D eigenvalue weighted by Crippen LogP contribution is 2.37. The minimum atomic E-state index is -0.658. The van der Waals surface area contributed by atoms with E-state index in [0.717, 1.165) is 11.1 Å². The van der Waals surface area contributed by atoms with Crippen LogP contribution >= 0.6 is 0 Å². The third kappa shape index (κ3) is 4.24. The van der Waals surface area contributed by atoms with Gasteiger partial charge in [0.2, 0.25) is 5.95 Å². The molecule has 0 bridgehead atoms. The Morgan fingerprint density at radius 1 is 1.11 bits per heavy atom. The average molecular weight is 467 g/mol. The van der Waals surface area contributed by atoms with Gasteiger partial charge < -0.3 is 10.6 Å². The van der Waals surface area contributed by atoms with Crippen LogP contribution in [-0.2, 0) is 4.79 Å². The first-order valence-corrected chi connectivity index (χ1v) is 10.9. The number of pyridine rings is 1. The number of nitro benzene ring substituents is 1. The molecule has 0 aliphatic carbocycles. The van der Waals surface area contributed by atoms with Crippen molar-refractivity contribution < 1.29 is 9.72 Å². The topological polar surface area (TPSA) is 128 Å². The van der Waals surface area contributed by atoms with Gasteiger partial charge in [-0.3, -0.25) is 19.9 Å². The molecule has 1 unspecified atom stereocenters. The van der Waals surface area contributed by atoms with Crippen LogP contribution in [0, 0.1) is 17.0 Å². The second-order valence-corrected chi connectivity index (χ2v) is 8.18. The van der Waals surface area contributed by atoms with E-state index >= 15 is 0 Å². The molecule has 0 spiro atoms. The number of nitrogens with zero attached hydrogens (tertiary/aromatic N) is 5. The zero-order chi connectivity index (χ0) is 24.5. The molecule has 1 aliphatic heterocycles. The summed E-state index contributed by atoms with van der Waals surface area (Å²) in [6.07, 6.45) is 3.18. The maximum Gasteiger partial charge on any atom is 0.269 e. The van der Waals surface area contributed by atoms with E-state index in [1.165, 1.54) is 12.1 Å². The highest BCUT2D eigenvalue weighted by molar-refractivity contribution is 6.05. The van der Waals surface area contributed by atoms with E-state index in [0.29, 0.717) is 34.3 Å². The number of nitrogens with one attached hydrogen (secondary N) is 2. The van der Waals surface area contributed by atoms with E-state index in [4.69, 9.17) is 5.10 Å². The summed E-state index contributed by atoms with van der Waals surface area (Å²) >= 11 is 0. The molecule has 174 valence electrons. The Morgan fingerprint density at radius 2 is 1.91 bits per heavy atom. The van der Waals surface area contributed by atoms with E-state index in [1.807, 2.05) is 31.2 Å². The fourth-order valence-corrected chi connectivity index (χ4v) is 4.07. The van der Waals surface area contributed by atoms with Crippen LogP contribution in [-0.4, -0.2) is 30.6 Å². The van der Waals surface area contributed by atoms with Crippen LogP contribution in [0.4, 0.5) is 17.3 Å². The number of hydrogen-bond donors (Lipinski definition) is 2. The van der Waals surface area contributed by atoms with Crippen molar-refractivity contribution in [1.29, 1.82) is 0 Å². The lowest BCUT2D eigenvalue weighted by atomic mass is 9.95. The summed E-state index contributed by atoms with van der Waals surface area (Å²) in [6, 6.07) is 16.8. The number of fused-ring (bicyclic) bond motifs is 1. The summed E-state index contributed by atoms with van der Waals surface area (Å²) < 4.78 is 1.64. The summed E-state index contributed by atoms with van der Waals surface area (Å²) in [4.78, 5) is 32.9. The van der Waals surface area contributed by atoms with E-state index in [-0.39, 0.29) is 11.6 Å². The zero-order valence-corrected chi connectivity index (χ0v) is 19.0. The van der Waals surface area contributed by atoms with Crippen molar-refractivity contribution in [3.63, 3.8) is 0 Å². The number of anilines is 2. The Labute approximate surface area is 200 Å². The largest absolute Gasteiger partial charge is 0.328 e. The van der Waals surface area contributed by atoms with Crippen molar-refractivity contribution in [3.8, 4) is 11.4 Å². The smallest absolute Gasteiger partial charge is 0.269 e. The van der Waals surface area contributed by atoms with Gasteiger partial charge in [0.15, 0.2) is 5.82 Å². The first-order chi connectivity index (χ1) is 16.9. The molecule has 0 fully saturated rings. The van der Waals surface area contributed by atoms with Gasteiger partial charge in [-0.15, -0.1) is 5.10 Å². The fourth-order valence-electron chi connectivity index (χ4n) is 4.07. The molecule has 1 aliphatic rings. The fraction of sp³-hybridized carbons (Fsp3) is 0.120. The minimum absolute atomic E-state index is 0.0380. The van der Waals surface area contributed by atoms with Gasteiger partial charge in [0.1, 0.15) is 6.04 Å². The summed E-state index contributed by atoms with van der Waals surface area (Å²) in [5.74, 6) is 0.634. The van der Waals surface area contributed by atoms with Crippen molar-refractivity contribution in [2.75, 3.05) is 10.6 Å². The van der Waals surface area contributed by atoms with Gasteiger partial charge in [-0.05, 0) is 49.7 Å². The number of aryl methyl sites for hydroxylation is 1. The Kier molecular flexibility index (Phi) is 5.54. The first kappa shape index (κ1) is 22.0. The molecule has 0 saturated carbocycles. The summed E-state index contributed by atoms with van der Waals surface area (Å²) in [5, 5.41) is 22.0. The number of carbonyl (C=O) groups excluding carboxylic acids is 1. The van der Waals surface area contributed by atoms with E-state index in [9.17, 15) is 14.9 Å². The van der Waals surface area contributed by atoms with Crippen LogP contribution in [0.15, 0.2) is 84.3 Å². The predicted molar refractivity (Wildman–Crippen MR) is 131 cm³/mol. The Morgan fingerprint density at radius 3 is 2.60 bits per heavy atom. The van der Waals surface area contributed by atoms with Crippen LogP contribution < -0.4 is 10.6 Å². The number of carbonyl (C=O) groups is 1. The molecule has 2 aromatic heterocycles. The first-order valence-electron chi connectivity index (χ1n) is 10.9. The van der Waals surface area contributed by atoms with E-state index in [1.54, 1.807) is 48.3 Å². The lowest BCUT2D eigenvalue weighted by Crippen LogP contribution is -2.31. The second-order valence-electron chi connectivity index (χ2n) is 8.18. The highest BCUT2D eigenvalue weighted by Gasteiger charge is 2.34.